The number of hydrogen-bond donors (Lipinski definition) is 2. The molecule has 0 aliphatic heterocycles. The van der Waals surface area contributed by atoms with E-state index in [4.69, 9.17) is 10.2 Å². The molecule has 0 aliphatic carbocycles. The van der Waals surface area contributed by atoms with Gasteiger partial charge in [0.2, 0.25) is 0 Å². The number of aliphatic hydroxyl groups excluding tert-OH is 1. The second-order valence-corrected chi connectivity index (χ2v) is 4.21. The minimum Gasteiger partial charge on any atom is -0.374 e. The van der Waals surface area contributed by atoms with Gasteiger partial charge < -0.3 is 14.9 Å². The zero-order chi connectivity index (χ0) is 15.6. The van der Waals surface area contributed by atoms with Crippen LogP contribution in [0.5, 0.6) is 0 Å². The van der Waals surface area contributed by atoms with Gasteiger partial charge in [0.25, 0.3) is 5.60 Å². The van der Waals surface area contributed by atoms with Crippen LogP contribution in [0.3, 0.4) is 0 Å². The van der Waals surface area contributed by atoms with Gasteiger partial charge in [0, 0.05) is 6.42 Å². The molecule has 0 saturated carbocycles. The average Bonchev–Trinajstić information content (AvgIpc) is 2.13. The number of alkyl halides is 6. The summed E-state index contributed by atoms with van der Waals surface area (Å²) in [5.74, 6) is 0. The highest BCUT2D eigenvalue weighted by atomic mass is 19.4. The Labute approximate surface area is 105 Å². The highest BCUT2D eigenvalue weighted by Crippen LogP contribution is 2.46. The molecule has 9 heteroatoms. The molecule has 0 bridgehead atoms. The Bertz CT molecular complexity index is 308. The van der Waals surface area contributed by atoms with Crippen LogP contribution >= 0.6 is 0 Å². The number of rotatable bonds is 5. The summed E-state index contributed by atoms with van der Waals surface area (Å²) in [6.07, 6.45) is -17.0. The summed E-state index contributed by atoms with van der Waals surface area (Å²) < 4.78 is 78.6. The molecule has 0 radical (unpaired) electrons. The first kappa shape index (κ1) is 18.2. The lowest BCUT2D eigenvalue weighted by Crippen LogP contribution is -2.58. The van der Waals surface area contributed by atoms with Crippen LogP contribution in [0.25, 0.3) is 0 Å². The largest absolute Gasteiger partial charge is 0.426 e. The first-order valence-electron chi connectivity index (χ1n) is 5.07. The fourth-order valence-electron chi connectivity index (χ4n) is 1.19. The van der Waals surface area contributed by atoms with Gasteiger partial charge >= 0.3 is 12.4 Å². The number of halogens is 6. The minimum atomic E-state index is -5.91. The average molecular weight is 296 g/mol. The van der Waals surface area contributed by atoms with Crippen molar-refractivity contribution in [3.05, 3.63) is 12.2 Å². The van der Waals surface area contributed by atoms with E-state index in [0.717, 1.165) is 6.92 Å². The lowest BCUT2D eigenvalue weighted by Gasteiger charge is -2.34. The molecule has 0 aromatic carbocycles. The van der Waals surface area contributed by atoms with Crippen LogP contribution in [0.4, 0.5) is 26.3 Å². The van der Waals surface area contributed by atoms with Crippen molar-refractivity contribution in [1.29, 1.82) is 0 Å². The van der Waals surface area contributed by atoms with Crippen LogP contribution in [0.15, 0.2) is 12.2 Å². The molecular weight excluding hydrogens is 282 g/mol. The van der Waals surface area contributed by atoms with Crippen molar-refractivity contribution in [2.45, 2.75) is 50.6 Å². The van der Waals surface area contributed by atoms with Crippen molar-refractivity contribution in [1.82, 2.24) is 0 Å². The predicted octanol–water partition coefficient (Wildman–Crippen LogP) is 2.53. The molecule has 0 fully saturated rings. The van der Waals surface area contributed by atoms with Gasteiger partial charge in [-0.15, -0.1) is 0 Å². The molecule has 0 rings (SSSR count). The van der Waals surface area contributed by atoms with E-state index in [0.29, 0.717) is 0 Å². The normalized spacial score (nSPS) is 17.2. The fraction of sp³-hybridized carbons (Fsp3) is 0.800. The van der Waals surface area contributed by atoms with E-state index in [1.807, 2.05) is 0 Å². The summed E-state index contributed by atoms with van der Waals surface area (Å²) >= 11 is 0. The van der Waals surface area contributed by atoms with E-state index in [9.17, 15) is 26.3 Å². The third-order valence-corrected chi connectivity index (χ3v) is 2.30. The predicted molar refractivity (Wildman–Crippen MR) is 53.0 cm³/mol. The van der Waals surface area contributed by atoms with Crippen LogP contribution < -0.4 is 0 Å². The van der Waals surface area contributed by atoms with Crippen molar-refractivity contribution in [2.24, 2.45) is 0 Å². The van der Waals surface area contributed by atoms with Gasteiger partial charge in [-0.05, 0) is 19.4 Å². The third-order valence-electron chi connectivity index (χ3n) is 2.30. The molecule has 0 aromatic rings. The smallest absolute Gasteiger partial charge is 0.374 e. The first-order valence-corrected chi connectivity index (χ1v) is 5.07. The number of hydrogen-bond acceptors (Lipinski definition) is 3. The second-order valence-electron chi connectivity index (χ2n) is 4.21. The van der Waals surface area contributed by atoms with E-state index < -0.39 is 36.8 Å². The Hall–Kier alpha value is -0.800. The Morgan fingerprint density at radius 2 is 1.53 bits per heavy atom. The molecule has 0 amide bonds. The van der Waals surface area contributed by atoms with E-state index >= 15 is 0 Å². The maximum absolute atomic E-state index is 12.4. The Morgan fingerprint density at radius 3 is 1.79 bits per heavy atom. The third kappa shape index (κ3) is 4.36. The van der Waals surface area contributed by atoms with Gasteiger partial charge in [-0.2, -0.15) is 26.3 Å². The van der Waals surface area contributed by atoms with Crippen molar-refractivity contribution >= 4 is 0 Å². The summed E-state index contributed by atoms with van der Waals surface area (Å²) in [5.41, 5.74) is -4.89. The monoisotopic (exact) mass is 296 g/mol. The maximum atomic E-state index is 12.4. The second kappa shape index (κ2) is 5.68. The molecule has 0 aromatic heterocycles. The molecular formula is C10H14F6O3. The topological polar surface area (TPSA) is 49.7 Å². The molecule has 0 saturated heterocycles. The van der Waals surface area contributed by atoms with E-state index in [-0.39, 0.29) is 5.57 Å². The Morgan fingerprint density at radius 1 is 1.16 bits per heavy atom. The van der Waals surface area contributed by atoms with Crippen LogP contribution in [0.2, 0.25) is 0 Å². The van der Waals surface area contributed by atoms with Gasteiger partial charge in [-0.25, -0.2) is 0 Å². The summed E-state index contributed by atoms with van der Waals surface area (Å²) in [5, 5.41) is 18.0. The number of aliphatic hydroxyl groups is 2. The van der Waals surface area contributed by atoms with Gasteiger partial charge in [-0.1, -0.05) is 6.58 Å². The lowest BCUT2D eigenvalue weighted by atomic mass is 9.95. The molecule has 2 unspecified atom stereocenters. The molecule has 0 heterocycles. The standard InChI is InChI=1S/C10H14F6O3/c1-5(2)7(17)19-6(3)4-8(18,9(11,12)13)10(14,15)16/h6-7,17-18H,1,4H2,2-3H3. The highest BCUT2D eigenvalue weighted by Gasteiger charge is 2.70. The molecule has 3 nitrogen and oxygen atoms in total. The summed E-state index contributed by atoms with van der Waals surface area (Å²) in [4.78, 5) is 0. The van der Waals surface area contributed by atoms with Crippen LogP contribution in [0.1, 0.15) is 20.3 Å². The van der Waals surface area contributed by atoms with Crippen molar-refractivity contribution in [3.63, 3.8) is 0 Å². The lowest BCUT2D eigenvalue weighted by molar-refractivity contribution is -0.375. The first-order chi connectivity index (χ1) is 8.22. The molecule has 0 spiro atoms. The van der Waals surface area contributed by atoms with Gasteiger partial charge in [0.05, 0.1) is 6.10 Å². The van der Waals surface area contributed by atoms with Crippen LogP contribution in [-0.2, 0) is 4.74 Å². The maximum Gasteiger partial charge on any atom is 0.426 e. The highest BCUT2D eigenvalue weighted by molar-refractivity contribution is 4.96. The summed E-state index contributed by atoms with van der Waals surface area (Å²) in [6.45, 7) is 5.36. The quantitative estimate of drug-likeness (QED) is 0.465. The SMILES string of the molecule is C=C(C)C(O)OC(C)CC(O)(C(F)(F)F)C(F)(F)F. The van der Waals surface area contributed by atoms with Crippen LogP contribution in [-0.4, -0.2) is 40.6 Å². The number of ether oxygens (including phenoxy) is 1. The molecule has 2 N–H and O–H groups in total. The summed E-state index contributed by atoms with van der Waals surface area (Å²) in [6, 6.07) is 0. The van der Waals surface area contributed by atoms with Crippen LogP contribution in [0, 0.1) is 0 Å². The Balaban J connectivity index is 5.02. The van der Waals surface area contributed by atoms with Crippen molar-refractivity contribution in [3.8, 4) is 0 Å². The van der Waals surface area contributed by atoms with Gasteiger partial charge in [0.15, 0.2) is 6.29 Å². The fourth-order valence-corrected chi connectivity index (χ4v) is 1.19. The zero-order valence-electron chi connectivity index (χ0n) is 10.1. The van der Waals surface area contributed by atoms with Gasteiger partial charge in [-0.3, -0.25) is 0 Å². The Kier molecular flexibility index (Phi) is 5.44. The summed E-state index contributed by atoms with van der Waals surface area (Å²) in [7, 11) is 0. The molecule has 2 atom stereocenters. The van der Waals surface area contributed by atoms with E-state index in [1.165, 1.54) is 6.92 Å². The van der Waals surface area contributed by atoms with E-state index in [2.05, 4.69) is 11.3 Å². The van der Waals surface area contributed by atoms with Crippen molar-refractivity contribution in [2.75, 3.05) is 0 Å². The van der Waals surface area contributed by atoms with E-state index in [1.54, 1.807) is 0 Å². The molecule has 0 aliphatic rings. The van der Waals surface area contributed by atoms with Crippen molar-refractivity contribution < 1.29 is 41.3 Å². The molecule has 114 valence electrons. The van der Waals surface area contributed by atoms with Gasteiger partial charge in [0.1, 0.15) is 0 Å². The molecule has 19 heavy (non-hydrogen) atoms. The minimum absolute atomic E-state index is 0.00871. The zero-order valence-corrected chi connectivity index (χ0v) is 10.1.